The zero-order chi connectivity index (χ0) is 12.1. The van der Waals surface area contributed by atoms with Gasteiger partial charge in [-0.3, -0.25) is 4.79 Å². The summed E-state index contributed by atoms with van der Waals surface area (Å²) in [6.45, 7) is 1.98. The minimum absolute atomic E-state index is 0.0370. The molecular formula is C10H14INO2S2. The molecule has 0 aliphatic heterocycles. The predicted molar refractivity (Wildman–Crippen MR) is 78.4 cm³/mol. The third-order valence-electron chi connectivity index (χ3n) is 2.23. The lowest BCUT2D eigenvalue weighted by molar-refractivity contribution is 0.0936. The summed E-state index contributed by atoms with van der Waals surface area (Å²) in [5.74, 6) is -0.0702. The summed E-state index contributed by atoms with van der Waals surface area (Å²) in [5, 5.41) is 13.9. The van der Waals surface area contributed by atoms with Crippen LogP contribution in [0.25, 0.3) is 0 Å². The summed E-state index contributed by atoms with van der Waals surface area (Å²) in [6, 6.07) is 1.82. The van der Waals surface area contributed by atoms with E-state index in [2.05, 4.69) is 27.9 Å². The number of nitrogens with one attached hydrogen (secondary N) is 1. The lowest BCUT2D eigenvalue weighted by atomic mass is 10.2. The van der Waals surface area contributed by atoms with Crippen molar-refractivity contribution >= 4 is 51.6 Å². The Morgan fingerprint density at radius 2 is 2.44 bits per heavy atom. The Hall–Kier alpha value is 0.210. The zero-order valence-corrected chi connectivity index (χ0v) is 12.9. The Morgan fingerprint density at radius 3 is 2.88 bits per heavy atom. The molecule has 90 valence electrons. The van der Waals surface area contributed by atoms with Gasteiger partial charge in [-0.2, -0.15) is 11.8 Å². The molecule has 0 aliphatic rings. The molecule has 0 radical (unpaired) electrons. The number of amides is 1. The number of aliphatic hydroxyl groups is 1. The summed E-state index contributed by atoms with van der Waals surface area (Å²) in [4.78, 5) is 11.8. The molecule has 6 heteroatoms. The van der Waals surface area contributed by atoms with Crippen molar-refractivity contribution in [2.45, 2.75) is 18.2 Å². The van der Waals surface area contributed by atoms with E-state index in [0.29, 0.717) is 5.56 Å². The monoisotopic (exact) mass is 371 g/mol. The van der Waals surface area contributed by atoms with Gasteiger partial charge in [0.15, 0.2) is 0 Å². The van der Waals surface area contributed by atoms with Crippen LogP contribution in [0.15, 0.2) is 11.4 Å². The minimum atomic E-state index is -0.0702. The van der Waals surface area contributed by atoms with Crippen molar-refractivity contribution in [3.05, 3.63) is 19.9 Å². The molecule has 1 rings (SSSR count). The Kier molecular flexibility index (Phi) is 6.09. The highest BCUT2D eigenvalue weighted by atomic mass is 127. The van der Waals surface area contributed by atoms with Crippen LogP contribution in [0.5, 0.6) is 0 Å². The number of thiophene rings is 1. The van der Waals surface area contributed by atoms with Gasteiger partial charge >= 0.3 is 0 Å². The smallest absolute Gasteiger partial charge is 0.252 e. The van der Waals surface area contributed by atoms with Crippen LogP contribution in [0.4, 0.5) is 0 Å². The second kappa shape index (κ2) is 6.83. The van der Waals surface area contributed by atoms with E-state index in [9.17, 15) is 4.79 Å². The molecule has 0 aliphatic carbocycles. The lowest BCUT2D eigenvalue weighted by Crippen LogP contribution is -2.41. The molecule has 1 amide bonds. The third-order valence-corrected chi connectivity index (χ3v) is 5.18. The van der Waals surface area contributed by atoms with Crippen LogP contribution in [0.1, 0.15) is 17.3 Å². The topological polar surface area (TPSA) is 49.3 Å². The Balaban J connectivity index is 2.57. The maximum absolute atomic E-state index is 11.8. The quantitative estimate of drug-likeness (QED) is 0.781. The summed E-state index contributed by atoms with van der Waals surface area (Å²) < 4.78 is 1.10. The molecule has 0 spiro atoms. The van der Waals surface area contributed by atoms with E-state index < -0.39 is 0 Å². The SMILES string of the molecule is CSC(CO)C(C)NC(=O)c1csc(I)c1. The van der Waals surface area contributed by atoms with Crippen molar-refractivity contribution in [1.82, 2.24) is 5.32 Å². The van der Waals surface area contributed by atoms with Crippen LogP contribution in [0.3, 0.4) is 0 Å². The number of carbonyl (C=O) groups is 1. The van der Waals surface area contributed by atoms with Gasteiger partial charge in [0.1, 0.15) is 0 Å². The summed E-state index contributed by atoms with van der Waals surface area (Å²) in [5.41, 5.74) is 0.694. The van der Waals surface area contributed by atoms with Crippen LogP contribution in [-0.2, 0) is 0 Å². The molecule has 0 saturated heterocycles. The average Bonchev–Trinajstić information content (AvgIpc) is 2.66. The first-order chi connectivity index (χ1) is 7.58. The molecule has 0 fully saturated rings. The number of thioether (sulfide) groups is 1. The summed E-state index contributed by atoms with van der Waals surface area (Å²) in [7, 11) is 0. The van der Waals surface area contributed by atoms with E-state index in [1.54, 1.807) is 23.1 Å². The molecular weight excluding hydrogens is 357 g/mol. The van der Waals surface area contributed by atoms with Crippen LogP contribution in [0.2, 0.25) is 0 Å². The highest BCUT2D eigenvalue weighted by Gasteiger charge is 2.18. The van der Waals surface area contributed by atoms with Crippen molar-refractivity contribution in [1.29, 1.82) is 0 Å². The molecule has 2 atom stereocenters. The van der Waals surface area contributed by atoms with Crippen LogP contribution in [0, 0.1) is 2.88 Å². The summed E-state index contributed by atoms with van der Waals surface area (Å²) >= 11 is 5.30. The largest absolute Gasteiger partial charge is 0.395 e. The van der Waals surface area contributed by atoms with Gasteiger partial charge < -0.3 is 10.4 Å². The fourth-order valence-electron chi connectivity index (χ4n) is 1.25. The Labute approximate surface area is 117 Å². The summed E-state index contributed by atoms with van der Waals surface area (Å²) in [6.07, 6.45) is 1.93. The maximum Gasteiger partial charge on any atom is 0.252 e. The van der Waals surface area contributed by atoms with E-state index >= 15 is 0 Å². The highest BCUT2D eigenvalue weighted by molar-refractivity contribution is 14.1. The normalized spacial score (nSPS) is 14.5. The molecule has 2 unspecified atom stereocenters. The average molecular weight is 371 g/mol. The second-order valence-electron chi connectivity index (χ2n) is 3.36. The number of aliphatic hydroxyl groups excluding tert-OH is 1. The first-order valence-electron chi connectivity index (χ1n) is 4.77. The second-order valence-corrected chi connectivity index (χ2v) is 7.24. The van der Waals surface area contributed by atoms with E-state index in [-0.39, 0.29) is 23.8 Å². The van der Waals surface area contributed by atoms with Crippen molar-refractivity contribution in [2.24, 2.45) is 0 Å². The Morgan fingerprint density at radius 1 is 1.75 bits per heavy atom. The molecule has 16 heavy (non-hydrogen) atoms. The molecule has 0 bridgehead atoms. The zero-order valence-electron chi connectivity index (χ0n) is 9.07. The van der Waals surface area contributed by atoms with Crippen LogP contribution < -0.4 is 5.32 Å². The van der Waals surface area contributed by atoms with Gasteiger partial charge in [-0.15, -0.1) is 11.3 Å². The number of carbonyl (C=O) groups excluding carboxylic acids is 1. The van der Waals surface area contributed by atoms with Gasteiger partial charge in [0.05, 0.1) is 15.1 Å². The molecule has 1 aromatic rings. The van der Waals surface area contributed by atoms with Crippen molar-refractivity contribution in [3.63, 3.8) is 0 Å². The molecule has 0 saturated carbocycles. The molecule has 1 aromatic heterocycles. The Bertz CT molecular complexity index is 352. The van der Waals surface area contributed by atoms with E-state index in [4.69, 9.17) is 5.11 Å². The lowest BCUT2D eigenvalue weighted by Gasteiger charge is -2.20. The molecule has 3 nitrogen and oxygen atoms in total. The van der Waals surface area contributed by atoms with Crippen LogP contribution >= 0.6 is 45.7 Å². The fourth-order valence-corrected chi connectivity index (χ4v) is 3.20. The van der Waals surface area contributed by atoms with Gasteiger partial charge in [0.2, 0.25) is 0 Å². The molecule has 1 heterocycles. The third kappa shape index (κ3) is 3.90. The number of hydrogen-bond acceptors (Lipinski definition) is 4. The molecule has 2 N–H and O–H groups in total. The van der Waals surface area contributed by atoms with Crippen molar-refractivity contribution in [2.75, 3.05) is 12.9 Å². The number of rotatable bonds is 5. The number of hydrogen-bond donors (Lipinski definition) is 2. The van der Waals surface area contributed by atoms with Gasteiger partial charge in [-0.1, -0.05) is 0 Å². The van der Waals surface area contributed by atoms with Gasteiger partial charge in [-0.25, -0.2) is 0 Å². The van der Waals surface area contributed by atoms with E-state index in [1.807, 2.05) is 24.6 Å². The minimum Gasteiger partial charge on any atom is -0.395 e. The first kappa shape index (κ1) is 14.3. The predicted octanol–water partition coefficient (Wildman–Crippen LogP) is 2.19. The van der Waals surface area contributed by atoms with Crippen molar-refractivity contribution in [3.8, 4) is 0 Å². The number of halogens is 1. The standard InChI is InChI=1S/C10H14INO2S2/c1-6(8(4-13)15-2)12-10(14)7-3-9(11)16-5-7/h3,5-6,8,13H,4H2,1-2H3,(H,12,14). The fraction of sp³-hybridized carbons (Fsp3) is 0.500. The highest BCUT2D eigenvalue weighted by Crippen LogP contribution is 2.17. The van der Waals surface area contributed by atoms with Crippen molar-refractivity contribution < 1.29 is 9.90 Å². The van der Waals surface area contributed by atoms with Gasteiger partial charge in [0, 0.05) is 16.7 Å². The molecule has 0 aromatic carbocycles. The maximum atomic E-state index is 11.8. The van der Waals surface area contributed by atoms with Gasteiger partial charge in [0.25, 0.3) is 5.91 Å². The van der Waals surface area contributed by atoms with E-state index in [0.717, 1.165) is 2.88 Å². The van der Waals surface area contributed by atoms with Gasteiger partial charge in [-0.05, 0) is 41.8 Å². The first-order valence-corrected chi connectivity index (χ1v) is 8.01. The van der Waals surface area contributed by atoms with Crippen LogP contribution in [-0.4, -0.2) is 35.2 Å². The van der Waals surface area contributed by atoms with E-state index in [1.165, 1.54) is 0 Å².